The van der Waals surface area contributed by atoms with E-state index in [0.29, 0.717) is 0 Å². The van der Waals surface area contributed by atoms with Gasteiger partial charge in [0.2, 0.25) is 5.91 Å². The number of ether oxygens (including phenoxy) is 2. The summed E-state index contributed by atoms with van der Waals surface area (Å²) in [4.78, 5) is 36.0. The first-order chi connectivity index (χ1) is 10.8. The number of aliphatic hydroxyl groups is 4. The Hall–Kier alpha value is -1.85. The molecule has 1 fully saturated rings. The van der Waals surface area contributed by atoms with Crippen molar-refractivity contribution >= 4 is 17.7 Å². The van der Waals surface area contributed by atoms with Crippen LogP contribution in [-0.2, 0) is 23.9 Å². The van der Waals surface area contributed by atoms with Gasteiger partial charge in [0, 0.05) is 6.20 Å². The summed E-state index contributed by atoms with van der Waals surface area (Å²) >= 11 is 0. The van der Waals surface area contributed by atoms with Crippen LogP contribution >= 0.6 is 0 Å². The molecule has 0 bridgehead atoms. The summed E-state index contributed by atoms with van der Waals surface area (Å²) in [6.45, 7) is -0.586. The topological polar surface area (TPSA) is 154 Å². The normalized spacial score (nSPS) is 32.7. The molecular formula is C13H17NO9. The van der Waals surface area contributed by atoms with E-state index < -0.39 is 66.9 Å². The molecule has 0 aromatic carbocycles. The lowest BCUT2D eigenvalue weighted by atomic mass is 9.99. The minimum atomic E-state index is -1.89. The minimum Gasteiger partial charge on any atom is -0.467 e. The second-order valence-corrected chi connectivity index (χ2v) is 5.14. The van der Waals surface area contributed by atoms with Crippen LogP contribution in [0.5, 0.6) is 0 Å². The Bertz CT molecular complexity index is 546. The SMILES string of the molecule is COC(=O)[C@H](O)C1=CN([C@@H]2O[C@H](CO)C(O)[C@@H]2O)C(=O)CC1=O. The smallest absolute Gasteiger partial charge is 0.339 e. The van der Waals surface area contributed by atoms with Crippen molar-refractivity contribution in [2.75, 3.05) is 13.7 Å². The number of hydrogen-bond acceptors (Lipinski definition) is 9. The van der Waals surface area contributed by atoms with Gasteiger partial charge in [-0.2, -0.15) is 0 Å². The van der Waals surface area contributed by atoms with Crippen LogP contribution in [0.2, 0.25) is 0 Å². The summed E-state index contributed by atoms with van der Waals surface area (Å²) in [7, 11) is 1.02. The zero-order valence-electron chi connectivity index (χ0n) is 12.2. The molecule has 128 valence electrons. The lowest BCUT2D eigenvalue weighted by molar-refractivity contribution is -0.153. The maximum atomic E-state index is 12.0. The monoisotopic (exact) mass is 331 g/mol. The van der Waals surface area contributed by atoms with Gasteiger partial charge in [0.25, 0.3) is 0 Å². The molecule has 0 aromatic heterocycles. The second kappa shape index (κ2) is 6.72. The van der Waals surface area contributed by atoms with Crippen molar-refractivity contribution in [1.29, 1.82) is 0 Å². The highest BCUT2D eigenvalue weighted by molar-refractivity contribution is 6.12. The van der Waals surface area contributed by atoms with E-state index in [2.05, 4.69) is 4.74 Å². The average Bonchev–Trinajstić information content (AvgIpc) is 2.81. The fraction of sp³-hybridized carbons (Fsp3) is 0.615. The highest BCUT2D eigenvalue weighted by atomic mass is 16.6. The fourth-order valence-electron chi connectivity index (χ4n) is 2.41. The zero-order chi connectivity index (χ0) is 17.3. The minimum absolute atomic E-state index is 0.394. The van der Waals surface area contributed by atoms with E-state index in [4.69, 9.17) is 9.84 Å². The molecule has 1 amide bonds. The molecule has 5 atom stereocenters. The van der Waals surface area contributed by atoms with Crippen LogP contribution in [0, 0.1) is 0 Å². The molecule has 0 aliphatic carbocycles. The van der Waals surface area contributed by atoms with E-state index in [1.807, 2.05) is 0 Å². The standard InChI is InChI=1S/C13H17NO9/c1-22-13(21)9(18)5-3-14(8(17)2-6(5)16)12-11(20)10(19)7(4-15)23-12/h3,7,9-12,15,18-20H,2,4H2,1H3/t7-,9-,10?,11+,12-/m1/s1. The number of amides is 1. The number of ketones is 1. The maximum Gasteiger partial charge on any atom is 0.339 e. The summed E-state index contributed by atoms with van der Waals surface area (Å²) in [5.74, 6) is -2.60. The molecule has 10 nitrogen and oxygen atoms in total. The summed E-state index contributed by atoms with van der Waals surface area (Å²) in [6, 6.07) is 0. The first-order valence-corrected chi connectivity index (χ1v) is 6.76. The first-order valence-electron chi connectivity index (χ1n) is 6.76. The van der Waals surface area contributed by atoms with Gasteiger partial charge in [-0.05, 0) is 0 Å². The molecule has 1 saturated heterocycles. The number of nitrogens with zero attached hydrogens (tertiary/aromatic N) is 1. The second-order valence-electron chi connectivity index (χ2n) is 5.14. The van der Waals surface area contributed by atoms with Crippen LogP contribution in [-0.4, -0.2) is 87.3 Å². The van der Waals surface area contributed by atoms with Crippen LogP contribution in [0.1, 0.15) is 6.42 Å². The molecule has 2 aliphatic rings. The zero-order valence-corrected chi connectivity index (χ0v) is 12.2. The Morgan fingerprint density at radius 2 is 2.09 bits per heavy atom. The molecule has 0 spiro atoms. The molecule has 2 rings (SSSR count). The molecule has 10 heteroatoms. The Labute approximate surface area is 130 Å². The van der Waals surface area contributed by atoms with Crippen LogP contribution in [0.15, 0.2) is 11.8 Å². The number of rotatable bonds is 4. The van der Waals surface area contributed by atoms with Crippen molar-refractivity contribution in [2.45, 2.75) is 37.1 Å². The molecular weight excluding hydrogens is 314 g/mol. The maximum absolute atomic E-state index is 12.0. The average molecular weight is 331 g/mol. The summed E-state index contributed by atoms with van der Waals surface area (Å²) in [5.41, 5.74) is -0.394. The van der Waals surface area contributed by atoms with Crippen LogP contribution in [0.3, 0.4) is 0 Å². The van der Waals surface area contributed by atoms with E-state index >= 15 is 0 Å². The predicted molar refractivity (Wildman–Crippen MR) is 70.3 cm³/mol. The molecule has 2 heterocycles. The van der Waals surface area contributed by atoms with Gasteiger partial charge >= 0.3 is 5.97 Å². The lowest BCUT2D eigenvalue weighted by Gasteiger charge is -2.31. The van der Waals surface area contributed by atoms with Crippen molar-refractivity contribution < 1.29 is 44.3 Å². The largest absolute Gasteiger partial charge is 0.467 e. The molecule has 2 aliphatic heterocycles. The third-order valence-corrected chi connectivity index (χ3v) is 3.71. The Kier molecular flexibility index (Phi) is 5.12. The molecule has 0 saturated carbocycles. The van der Waals surface area contributed by atoms with Gasteiger partial charge in [-0.15, -0.1) is 0 Å². The summed E-state index contributed by atoms with van der Waals surface area (Å²) in [5, 5.41) is 38.5. The van der Waals surface area contributed by atoms with Crippen molar-refractivity contribution in [2.24, 2.45) is 0 Å². The van der Waals surface area contributed by atoms with E-state index in [1.165, 1.54) is 0 Å². The van der Waals surface area contributed by atoms with Gasteiger partial charge in [-0.25, -0.2) is 4.79 Å². The van der Waals surface area contributed by atoms with Crippen molar-refractivity contribution in [3.63, 3.8) is 0 Å². The number of esters is 1. The van der Waals surface area contributed by atoms with E-state index in [1.54, 1.807) is 0 Å². The van der Waals surface area contributed by atoms with Crippen molar-refractivity contribution in [3.05, 3.63) is 11.8 Å². The third-order valence-electron chi connectivity index (χ3n) is 3.71. The number of hydrogen-bond donors (Lipinski definition) is 4. The molecule has 0 radical (unpaired) electrons. The summed E-state index contributed by atoms with van der Waals surface area (Å²) in [6.07, 6.45) is -7.08. The highest BCUT2D eigenvalue weighted by Crippen LogP contribution is 2.28. The van der Waals surface area contributed by atoms with Gasteiger partial charge in [0.05, 0.1) is 25.7 Å². The fourth-order valence-corrected chi connectivity index (χ4v) is 2.41. The quantitative estimate of drug-likeness (QED) is 0.305. The van der Waals surface area contributed by atoms with Crippen molar-refractivity contribution in [1.82, 2.24) is 4.90 Å². The van der Waals surface area contributed by atoms with E-state index in [9.17, 15) is 29.7 Å². The third kappa shape index (κ3) is 3.12. The number of methoxy groups -OCH3 is 1. The Morgan fingerprint density at radius 3 is 2.61 bits per heavy atom. The van der Waals surface area contributed by atoms with Crippen LogP contribution in [0.4, 0.5) is 0 Å². The van der Waals surface area contributed by atoms with Gasteiger partial charge in [-0.1, -0.05) is 0 Å². The van der Waals surface area contributed by atoms with Gasteiger partial charge in [0.15, 0.2) is 18.1 Å². The predicted octanol–water partition coefficient (Wildman–Crippen LogP) is -3.36. The molecule has 23 heavy (non-hydrogen) atoms. The molecule has 1 unspecified atom stereocenters. The molecule has 4 N–H and O–H groups in total. The molecule has 0 aromatic rings. The summed E-state index contributed by atoms with van der Waals surface area (Å²) < 4.78 is 9.53. The van der Waals surface area contributed by atoms with Gasteiger partial charge in [-0.3, -0.25) is 14.5 Å². The van der Waals surface area contributed by atoms with Gasteiger partial charge in [0.1, 0.15) is 18.3 Å². The number of carbonyl (C=O) groups excluding carboxylic acids is 3. The number of carbonyl (C=O) groups is 3. The van der Waals surface area contributed by atoms with E-state index in [-0.39, 0.29) is 0 Å². The lowest BCUT2D eigenvalue weighted by Crippen LogP contribution is -2.48. The van der Waals surface area contributed by atoms with Gasteiger partial charge < -0.3 is 29.9 Å². The van der Waals surface area contributed by atoms with Crippen molar-refractivity contribution in [3.8, 4) is 0 Å². The van der Waals surface area contributed by atoms with E-state index in [0.717, 1.165) is 18.2 Å². The van der Waals surface area contributed by atoms with Crippen LogP contribution in [0.25, 0.3) is 0 Å². The number of Topliss-reactive ketones (excluding diaryl/α,β-unsaturated/α-hetero) is 1. The Balaban J connectivity index is 2.30. The van der Waals surface area contributed by atoms with Crippen LogP contribution < -0.4 is 0 Å². The first kappa shape index (κ1) is 17.5. The Morgan fingerprint density at radius 1 is 1.43 bits per heavy atom. The highest BCUT2D eigenvalue weighted by Gasteiger charge is 2.48. The number of aliphatic hydroxyl groups excluding tert-OH is 4.